The summed E-state index contributed by atoms with van der Waals surface area (Å²) in [4.78, 5) is 0. The standard InChI is InChI=1S/C15H20ClNO2/c16-11-5-6-15-10(7-11)8-12(19-15)9-17-13-3-1-2-4-14(13)18/h5-7,12-14,17-18H,1-4,8-9H2. The van der Waals surface area contributed by atoms with Crippen LogP contribution in [-0.4, -0.2) is 29.9 Å². The van der Waals surface area contributed by atoms with Gasteiger partial charge in [0, 0.05) is 24.0 Å². The first-order valence-electron chi connectivity index (χ1n) is 7.09. The Labute approximate surface area is 118 Å². The smallest absolute Gasteiger partial charge is 0.123 e. The highest BCUT2D eigenvalue weighted by Gasteiger charge is 2.27. The average molecular weight is 282 g/mol. The van der Waals surface area contributed by atoms with Crippen LogP contribution in [0.3, 0.4) is 0 Å². The quantitative estimate of drug-likeness (QED) is 0.895. The first kappa shape index (κ1) is 13.2. The average Bonchev–Trinajstić information content (AvgIpc) is 2.79. The molecule has 104 valence electrons. The van der Waals surface area contributed by atoms with E-state index in [4.69, 9.17) is 16.3 Å². The number of rotatable bonds is 3. The Morgan fingerprint density at radius 1 is 1.32 bits per heavy atom. The Kier molecular flexibility index (Phi) is 3.96. The molecule has 3 atom stereocenters. The number of nitrogens with one attached hydrogen (secondary N) is 1. The SMILES string of the molecule is OC1CCCCC1NCC1Cc2cc(Cl)ccc2O1. The maximum atomic E-state index is 9.93. The van der Waals surface area contributed by atoms with Gasteiger partial charge in [0.15, 0.2) is 0 Å². The molecule has 0 aromatic heterocycles. The second-order valence-corrected chi connectivity index (χ2v) is 6.00. The topological polar surface area (TPSA) is 41.5 Å². The van der Waals surface area contributed by atoms with Crippen molar-refractivity contribution >= 4 is 11.6 Å². The lowest BCUT2D eigenvalue weighted by molar-refractivity contribution is 0.0846. The zero-order valence-electron chi connectivity index (χ0n) is 10.9. The van der Waals surface area contributed by atoms with E-state index in [1.54, 1.807) is 0 Å². The van der Waals surface area contributed by atoms with Crippen molar-refractivity contribution in [3.63, 3.8) is 0 Å². The summed E-state index contributed by atoms with van der Waals surface area (Å²) in [6.45, 7) is 0.786. The minimum atomic E-state index is -0.202. The van der Waals surface area contributed by atoms with Crippen LogP contribution >= 0.6 is 11.6 Å². The van der Waals surface area contributed by atoms with E-state index in [1.165, 1.54) is 12.0 Å². The van der Waals surface area contributed by atoms with Crippen LogP contribution in [0.4, 0.5) is 0 Å². The summed E-state index contributed by atoms with van der Waals surface area (Å²) in [5.41, 5.74) is 1.18. The van der Waals surface area contributed by atoms with E-state index in [9.17, 15) is 5.11 Å². The second kappa shape index (κ2) is 5.70. The molecule has 1 aliphatic carbocycles. The Balaban J connectivity index is 1.53. The molecule has 2 aliphatic rings. The molecule has 1 aromatic carbocycles. The van der Waals surface area contributed by atoms with Crippen molar-refractivity contribution in [2.75, 3.05) is 6.54 Å². The molecule has 1 heterocycles. The van der Waals surface area contributed by atoms with Crippen LogP contribution < -0.4 is 10.1 Å². The Morgan fingerprint density at radius 3 is 3.00 bits per heavy atom. The van der Waals surface area contributed by atoms with Crippen molar-refractivity contribution < 1.29 is 9.84 Å². The molecule has 19 heavy (non-hydrogen) atoms. The number of aliphatic hydroxyl groups is 1. The summed E-state index contributed by atoms with van der Waals surface area (Å²) in [7, 11) is 0. The van der Waals surface area contributed by atoms with Gasteiger partial charge in [0.05, 0.1) is 6.10 Å². The fraction of sp³-hybridized carbons (Fsp3) is 0.600. The molecular formula is C15H20ClNO2. The number of aliphatic hydroxyl groups excluding tert-OH is 1. The van der Waals surface area contributed by atoms with Gasteiger partial charge in [0.1, 0.15) is 11.9 Å². The minimum Gasteiger partial charge on any atom is -0.488 e. The molecule has 0 saturated heterocycles. The molecule has 0 bridgehead atoms. The van der Waals surface area contributed by atoms with Gasteiger partial charge in [-0.15, -0.1) is 0 Å². The first-order valence-corrected chi connectivity index (χ1v) is 7.47. The van der Waals surface area contributed by atoms with E-state index in [1.807, 2.05) is 18.2 Å². The highest BCUT2D eigenvalue weighted by atomic mass is 35.5. The fourth-order valence-corrected chi connectivity index (χ4v) is 3.23. The number of ether oxygens (including phenoxy) is 1. The highest BCUT2D eigenvalue weighted by molar-refractivity contribution is 6.30. The molecule has 1 fully saturated rings. The van der Waals surface area contributed by atoms with Crippen molar-refractivity contribution in [1.29, 1.82) is 0 Å². The molecule has 4 heteroatoms. The summed E-state index contributed by atoms with van der Waals surface area (Å²) >= 11 is 5.98. The Hall–Kier alpha value is -0.770. The van der Waals surface area contributed by atoms with Crippen molar-refractivity contribution in [2.45, 2.75) is 50.4 Å². The van der Waals surface area contributed by atoms with Crippen LogP contribution in [0.15, 0.2) is 18.2 Å². The Bertz CT molecular complexity index is 452. The summed E-state index contributed by atoms with van der Waals surface area (Å²) in [6, 6.07) is 6.00. The van der Waals surface area contributed by atoms with Gasteiger partial charge < -0.3 is 15.2 Å². The van der Waals surface area contributed by atoms with Crippen molar-refractivity contribution in [1.82, 2.24) is 5.32 Å². The van der Waals surface area contributed by atoms with Gasteiger partial charge in [0.25, 0.3) is 0 Å². The molecular weight excluding hydrogens is 262 g/mol. The number of benzene rings is 1. The molecule has 3 unspecified atom stereocenters. The molecule has 0 amide bonds. The van der Waals surface area contributed by atoms with Crippen LogP contribution in [0.5, 0.6) is 5.75 Å². The molecule has 1 aliphatic heterocycles. The predicted molar refractivity (Wildman–Crippen MR) is 75.8 cm³/mol. The molecule has 3 rings (SSSR count). The van der Waals surface area contributed by atoms with E-state index in [-0.39, 0.29) is 18.2 Å². The van der Waals surface area contributed by atoms with Gasteiger partial charge in [-0.05, 0) is 36.6 Å². The van der Waals surface area contributed by atoms with Gasteiger partial charge in [0.2, 0.25) is 0 Å². The summed E-state index contributed by atoms with van der Waals surface area (Å²) in [5.74, 6) is 0.945. The molecule has 3 nitrogen and oxygen atoms in total. The number of hydrogen-bond donors (Lipinski definition) is 2. The lowest BCUT2D eigenvalue weighted by atomic mass is 9.92. The van der Waals surface area contributed by atoms with Gasteiger partial charge in [-0.1, -0.05) is 24.4 Å². The van der Waals surface area contributed by atoms with E-state index in [0.29, 0.717) is 0 Å². The first-order chi connectivity index (χ1) is 9.22. The van der Waals surface area contributed by atoms with Crippen molar-refractivity contribution in [2.24, 2.45) is 0 Å². The summed E-state index contributed by atoms with van der Waals surface area (Å²) in [6.07, 6.45) is 5.17. The van der Waals surface area contributed by atoms with E-state index in [2.05, 4.69) is 5.32 Å². The molecule has 0 spiro atoms. The van der Waals surface area contributed by atoms with Gasteiger partial charge in [-0.25, -0.2) is 0 Å². The molecule has 2 N–H and O–H groups in total. The third kappa shape index (κ3) is 3.04. The lowest BCUT2D eigenvalue weighted by Gasteiger charge is -2.29. The maximum absolute atomic E-state index is 9.93. The van der Waals surface area contributed by atoms with Crippen LogP contribution in [0.1, 0.15) is 31.2 Å². The summed E-state index contributed by atoms with van der Waals surface area (Å²) in [5, 5.41) is 14.1. The number of hydrogen-bond acceptors (Lipinski definition) is 3. The lowest BCUT2D eigenvalue weighted by Crippen LogP contribution is -2.45. The van der Waals surface area contributed by atoms with E-state index in [0.717, 1.165) is 43.0 Å². The highest BCUT2D eigenvalue weighted by Crippen LogP contribution is 2.31. The maximum Gasteiger partial charge on any atom is 0.123 e. The Morgan fingerprint density at radius 2 is 2.16 bits per heavy atom. The zero-order chi connectivity index (χ0) is 13.2. The van der Waals surface area contributed by atoms with Crippen LogP contribution in [-0.2, 0) is 6.42 Å². The normalized spacial score (nSPS) is 29.9. The molecule has 0 radical (unpaired) electrons. The van der Waals surface area contributed by atoms with Gasteiger partial charge in [-0.3, -0.25) is 0 Å². The van der Waals surface area contributed by atoms with Crippen LogP contribution in [0.25, 0.3) is 0 Å². The second-order valence-electron chi connectivity index (χ2n) is 5.56. The van der Waals surface area contributed by atoms with E-state index < -0.39 is 0 Å². The largest absolute Gasteiger partial charge is 0.488 e. The number of fused-ring (bicyclic) bond motifs is 1. The van der Waals surface area contributed by atoms with Gasteiger partial charge in [-0.2, -0.15) is 0 Å². The molecule has 1 aromatic rings. The zero-order valence-corrected chi connectivity index (χ0v) is 11.7. The van der Waals surface area contributed by atoms with Crippen LogP contribution in [0.2, 0.25) is 5.02 Å². The van der Waals surface area contributed by atoms with Crippen molar-refractivity contribution in [3.05, 3.63) is 28.8 Å². The van der Waals surface area contributed by atoms with Gasteiger partial charge >= 0.3 is 0 Å². The van der Waals surface area contributed by atoms with E-state index >= 15 is 0 Å². The van der Waals surface area contributed by atoms with Crippen molar-refractivity contribution in [3.8, 4) is 5.75 Å². The fourth-order valence-electron chi connectivity index (χ4n) is 3.04. The third-order valence-electron chi connectivity index (χ3n) is 4.10. The molecule has 1 saturated carbocycles. The number of halogens is 1. The van der Waals surface area contributed by atoms with Crippen LogP contribution in [0, 0.1) is 0 Å². The monoisotopic (exact) mass is 281 g/mol. The summed E-state index contributed by atoms with van der Waals surface area (Å²) < 4.78 is 5.89. The third-order valence-corrected chi connectivity index (χ3v) is 4.34. The predicted octanol–water partition coefficient (Wildman–Crippen LogP) is 2.54. The minimum absolute atomic E-state index is 0.155.